The van der Waals surface area contributed by atoms with Gasteiger partial charge in [0.1, 0.15) is 11.4 Å². The van der Waals surface area contributed by atoms with Crippen LogP contribution in [0.5, 0.6) is 0 Å². The summed E-state index contributed by atoms with van der Waals surface area (Å²) in [5.41, 5.74) is 1.55. The molecule has 23 heavy (non-hydrogen) atoms. The van der Waals surface area contributed by atoms with Crippen LogP contribution in [-0.2, 0) is 4.74 Å². The first kappa shape index (κ1) is 15.6. The summed E-state index contributed by atoms with van der Waals surface area (Å²) < 4.78 is 18.3. The molecule has 1 N–H and O–H groups in total. The lowest BCUT2D eigenvalue weighted by molar-refractivity contribution is 0.0597. The van der Waals surface area contributed by atoms with Crippen LogP contribution >= 0.6 is 0 Å². The first-order valence-corrected chi connectivity index (χ1v) is 7.63. The summed E-state index contributed by atoms with van der Waals surface area (Å²) in [7, 11) is 1.33. The summed E-state index contributed by atoms with van der Waals surface area (Å²) in [5.74, 6) is -0.404. The van der Waals surface area contributed by atoms with Gasteiger partial charge in [0.05, 0.1) is 18.8 Å². The highest BCUT2D eigenvalue weighted by molar-refractivity contribution is 5.90. The molecule has 0 bridgehead atoms. The van der Waals surface area contributed by atoms with Crippen LogP contribution in [0, 0.1) is 5.82 Å². The monoisotopic (exact) mass is 315 g/mol. The lowest BCUT2D eigenvalue weighted by Crippen LogP contribution is -2.29. The van der Waals surface area contributed by atoms with E-state index in [9.17, 15) is 9.18 Å². The molecule has 3 rings (SSSR count). The minimum absolute atomic E-state index is 0.0202. The van der Waals surface area contributed by atoms with Gasteiger partial charge >= 0.3 is 5.97 Å². The number of methoxy groups -OCH3 is 1. The van der Waals surface area contributed by atoms with Gasteiger partial charge in [-0.15, -0.1) is 0 Å². The van der Waals surface area contributed by atoms with E-state index < -0.39 is 5.97 Å². The van der Waals surface area contributed by atoms with E-state index in [0.717, 1.165) is 25.8 Å². The van der Waals surface area contributed by atoms with Crippen molar-refractivity contribution in [1.29, 1.82) is 0 Å². The number of ether oxygens (including phenoxy) is 1. The third-order valence-corrected chi connectivity index (χ3v) is 3.95. The van der Waals surface area contributed by atoms with Crippen molar-refractivity contribution in [3.8, 4) is 11.4 Å². The number of halogens is 1. The zero-order valence-electron chi connectivity index (χ0n) is 12.9. The van der Waals surface area contributed by atoms with Gasteiger partial charge in [0, 0.05) is 11.8 Å². The molecule has 120 valence electrons. The van der Waals surface area contributed by atoms with Gasteiger partial charge in [-0.05, 0) is 31.5 Å². The number of hydrogen-bond acceptors (Lipinski definition) is 5. The van der Waals surface area contributed by atoms with Crippen molar-refractivity contribution in [3.05, 3.63) is 47.5 Å². The Labute approximate surface area is 133 Å². The van der Waals surface area contributed by atoms with E-state index in [4.69, 9.17) is 4.74 Å². The van der Waals surface area contributed by atoms with E-state index in [1.807, 2.05) is 0 Å². The van der Waals surface area contributed by atoms with Crippen LogP contribution in [0.3, 0.4) is 0 Å². The quantitative estimate of drug-likeness (QED) is 0.882. The number of piperidine rings is 1. The Bertz CT molecular complexity index is 715. The average Bonchev–Trinajstić information content (AvgIpc) is 2.61. The predicted molar refractivity (Wildman–Crippen MR) is 83.4 cm³/mol. The number of hydrogen-bond donors (Lipinski definition) is 1. The van der Waals surface area contributed by atoms with Crippen molar-refractivity contribution >= 4 is 5.97 Å². The number of nitrogens with zero attached hydrogens (tertiary/aromatic N) is 2. The Balaban J connectivity index is 2.05. The molecule has 5 nitrogen and oxygen atoms in total. The molecule has 0 radical (unpaired) electrons. The van der Waals surface area contributed by atoms with E-state index >= 15 is 0 Å². The number of benzene rings is 1. The summed E-state index contributed by atoms with van der Waals surface area (Å²) in [6.45, 7) is 0.880. The van der Waals surface area contributed by atoms with Crippen LogP contribution in [0.1, 0.15) is 41.4 Å². The molecule has 2 heterocycles. The summed E-state index contributed by atoms with van der Waals surface area (Å²) in [6, 6.07) is 6.09. The normalized spacial score (nSPS) is 17.7. The Hall–Kier alpha value is -2.34. The van der Waals surface area contributed by atoms with Crippen molar-refractivity contribution in [2.24, 2.45) is 0 Å². The van der Waals surface area contributed by atoms with Gasteiger partial charge in [0.25, 0.3) is 0 Å². The van der Waals surface area contributed by atoms with Crippen LogP contribution in [-0.4, -0.2) is 29.6 Å². The molecule has 1 aromatic carbocycles. The highest BCUT2D eigenvalue weighted by Crippen LogP contribution is 2.26. The fourth-order valence-corrected chi connectivity index (χ4v) is 2.78. The van der Waals surface area contributed by atoms with Crippen molar-refractivity contribution < 1.29 is 13.9 Å². The molecule has 1 aromatic heterocycles. The van der Waals surface area contributed by atoms with Crippen molar-refractivity contribution in [1.82, 2.24) is 15.3 Å². The van der Waals surface area contributed by atoms with Crippen molar-refractivity contribution in [2.75, 3.05) is 13.7 Å². The molecule has 6 heteroatoms. The molecule has 1 aliphatic heterocycles. The second-order valence-corrected chi connectivity index (χ2v) is 5.50. The molecular formula is C17H18FN3O2. The smallest absolute Gasteiger partial charge is 0.341 e. The van der Waals surface area contributed by atoms with Gasteiger partial charge in [-0.1, -0.05) is 18.6 Å². The Kier molecular flexibility index (Phi) is 4.62. The molecule has 0 saturated carbocycles. The Morgan fingerprint density at radius 2 is 2.26 bits per heavy atom. The van der Waals surface area contributed by atoms with E-state index in [-0.39, 0.29) is 11.9 Å². The highest BCUT2D eigenvalue weighted by Gasteiger charge is 2.24. The Morgan fingerprint density at radius 3 is 2.96 bits per heavy atom. The minimum Gasteiger partial charge on any atom is -0.465 e. The zero-order valence-corrected chi connectivity index (χ0v) is 12.9. The topological polar surface area (TPSA) is 64.1 Å². The number of aromatic nitrogens is 2. The minimum atomic E-state index is -0.460. The van der Waals surface area contributed by atoms with Crippen LogP contribution in [0.2, 0.25) is 0 Å². The third-order valence-electron chi connectivity index (χ3n) is 3.95. The standard InChI is InChI=1S/C17H18FN3O2/c1-23-17(22)13-10-20-16(11-5-4-6-12(18)9-11)21-15(13)14-7-2-3-8-19-14/h4-6,9-10,14,19H,2-3,7-8H2,1H3. The molecule has 1 unspecified atom stereocenters. The third kappa shape index (κ3) is 3.37. The van der Waals surface area contributed by atoms with Gasteiger partial charge in [0.2, 0.25) is 0 Å². The summed E-state index contributed by atoms with van der Waals surface area (Å²) in [6.07, 6.45) is 4.53. The summed E-state index contributed by atoms with van der Waals surface area (Å²) in [4.78, 5) is 20.7. The lowest BCUT2D eigenvalue weighted by Gasteiger charge is -2.24. The maximum absolute atomic E-state index is 13.4. The molecular weight excluding hydrogens is 297 g/mol. The van der Waals surface area contributed by atoms with Gasteiger partial charge in [-0.2, -0.15) is 0 Å². The van der Waals surface area contributed by atoms with Gasteiger partial charge in [-0.25, -0.2) is 19.2 Å². The molecule has 2 aromatic rings. The largest absolute Gasteiger partial charge is 0.465 e. The Morgan fingerprint density at radius 1 is 1.39 bits per heavy atom. The number of rotatable bonds is 3. The van der Waals surface area contributed by atoms with Crippen molar-refractivity contribution in [2.45, 2.75) is 25.3 Å². The molecule has 1 fully saturated rings. The zero-order chi connectivity index (χ0) is 16.2. The van der Waals surface area contributed by atoms with Gasteiger partial charge < -0.3 is 10.1 Å². The van der Waals surface area contributed by atoms with E-state index in [0.29, 0.717) is 22.6 Å². The lowest BCUT2D eigenvalue weighted by atomic mass is 9.98. The van der Waals surface area contributed by atoms with Crippen LogP contribution in [0.25, 0.3) is 11.4 Å². The maximum atomic E-state index is 13.4. The number of esters is 1. The second kappa shape index (κ2) is 6.83. The number of carbonyl (C=O) groups is 1. The fourth-order valence-electron chi connectivity index (χ4n) is 2.78. The van der Waals surface area contributed by atoms with Gasteiger partial charge in [-0.3, -0.25) is 0 Å². The predicted octanol–water partition coefficient (Wildman–Crippen LogP) is 2.88. The van der Waals surface area contributed by atoms with Crippen LogP contribution in [0.4, 0.5) is 4.39 Å². The van der Waals surface area contributed by atoms with Crippen molar-refractivity contribution in [3.63, 3.8) is 0 Å². The maximum Gasteiger partial charge on any atom is 0.341 e. The SMILES string of the molecule is COC(=O)c1cnc(-c2cccc(F)c2)nc1C1CCCCN1. The molecule has 0 amide bonds. The molecule has 1 aliphatic rings. The summed E-state index contributed by atoms with van der Waals surface area (Å²) in [5, 5.41) is 3.37. The first-order chi connectivity index (χ1) is 11.2. The van der Waals surface area contributed by atoms with Crippen LogP contribution in [0.15, 0.2) is 30.5 Å². The number of nitrogens with one attached hydrogen (secondary N) is 1. The van der Waals surface area contributed by atoms with Crippen LogP contribution < -0.4 is 5.32 Å². The molecule has 0 aliphatic carbocycles. The number of carbonyl (C=O) groups excluding carboxylic acids is 1. The second-order valence-electron chi connectivity index (χ2n) is 5.50. The first-order valence-electron chi connectivity index (χ1n) is 7.63. The molecule has 0 spiro atoms. The fraction of sp³-hybridized carbons (Fsp3) is 0.353. The molecule has 1 saturated heterocycles. The molecule has 1 atom stereocenters. The van der Waals surface area contributed by atoms with E-state index in [1.165, 1.54) is 25.4 Å². The van der Waals surface area contributed by atoms with E-state index in [1.54, 1.807) is 12.1 Å². The summed E-state index contributed by atoms with van der Waals surface area (Å²) >= 11 is 0. The average molecular weight is 315 g/mol. The highest BCUT2D eigenvalue weighted by atomic mass is 19.1. The van der Waals surface area contributed by atoms with Gasteiger partial charge in [0.15, 0.2) is 5.82 Å². The van der Waals surface area contributed by atoms with E-state index in [2.05, 4.69) is 15.3 Å².